The Kier molecular flexibility index (Phi) is 1.65. The van der Waals surface area contributed by atoms with Crippen molar-refractivity contribution >= 4 is 39.6 Å². The van der Waals surface area contributed by atoms with Gasteiger partial charge in [0, 0.05) is 18.2 Å². The highest BCUT2D eigenvalue weighted by molar-refractivity contribution is 9.10. The van der Waals surface area contributed by atoms with Crippen molar-refractivity contribution in [3.8, 4) is 0 Å². The van der Waals surface area contributed by atoms with Crippen LogP contribution in [0.25, 0.3) is 0 Å². The normalized spacial score (nSPS) is 13.6. The molecule has 11 heavy (non-hydrogen) atoms. The molecule has 0 radical (unpaired) electrons. The number of hydrogen-bond donors (Lipinski definition) is 0. The van der Waals surface area contributed by atoms with Crippen LogP contribution in [0.15, 0.2) is 9.73 Å². The van der Waals surface area contributed by atoms with E-state index in [0.29, 0.717) is 15.7 Å². The molecule has 0 spiro atoms. The lowest BCUT2D eigenvalue weighted by atomic mass is 10.3. The van der Waals surface area contributed by atoms with Gasteiger partial charge in [0.15, 0.2) is 10.6 Å². The molecule has 0 aromatic carbocycles. The van der Waals surface area contributed by atoms with Crippen molar-refractivity contribution in [3.63, 3.8) is 0 Å². The van der Waals surface area contributed by atoms with E-state index in [1.807, 2.05) is 0 Å². The summed E-state index contributed by atoms with van der Waals surface area (Å²) in [6, 6.07) is 0. The van der Waals surface area contributed by atoms with Gasteiger partial charge in [-0.25, -0.2) is 15.0 Å². The summed E-state index contributed by atoms with van der Waals surface area (Å²) in [5.74, 6) is 0.678. The van der Waals surface area contributed by atoms with E-state index in [2.05, 4.69) is 30.9 Å². The van der Waals surface area contributed by atoms with E-state index in [0.717, 1.165) is 12.0 Å². The average Bonchev–Trinajstić information content (AvgIpc) is 2.34. The third-order valence-electron chi connectivity index (χ3n) is 1.42. The molecule has 0 amide bonds. The van der Waals surface area contributed by atoms with E-state index >= 15 is 0 Å². The fraction of sp³-hybridized carbons (Fsp3) is 0.167. The molecule has 0 atom stereocenters. The number of rotatable bonds is 0. The Morgan fingerprint density at radius 2 is 2.27 bits per heavy atom. The standard InChI is InChI=1S/C6H3BrClN3/c7-6-10-4(8)3-1-2-9-5(3)11-6/h2H,1H2. The van der Waals surface area contributed by atoms with Crippen LogP contribution in [0.1, 0.15) is 5.56 Å². The van der Waals surface area contributed by atoms with Gasteiger partial charge in [-0.1, -0.05) is 11.6 Å². The summed E-state index contributed by atoms with van der Waals surface area (Å²) in [5, 5.41) is 0.486. The third kappa shape index (κ3) is 1.16. The highest BCUT2D eigenvalue weighted by Gasteiger charge is 2.13. The minimum absolute atomic E-state index is 0.486. The number of fused-ring (bicyclic) bond motifs is 1. The molecule has 56 valence electrons. The first kappa shape index (κ1) is 7.18. The summed E-state index contributed by atoms with van der Waals surface area (Å²) in [6.07, 6.45) is 2.51. The van der Waals surface area contributed by atoms with Crippen molar-refractivity contribution in [1.29, 1.82) is 0 Å². The summed E-state index contributed by atoms with van der Waals surface area (Å²) in [5.41, 5.74) is 0.912. The van der Waals surface area contributed by atoms with Crippen LogP contribution in [-0.4, -0.2) is 16.2 Å². The molecule has 1 aliphatic rings. The monoisotopic (exact) mass is 231 g/mol. The van der Waals surface area contributed by atoms with Crippen molar-refractivity contribution in [2.45, 2.75) is 6.42 Å². The van der Waals surface area contributed by atoms with E-state index < -0.39 is 0 Å². The van der Waals surface area contributed by atoms with Gasteiger partial charge < -0.3 is 0 Å². The van der Waals surface area contributed by atoms with Gasteiger partial charge in [0.2, 0.25) is 0 Å². The van der Waals surface area contributed by atoms with E-state index in [4.69, 9.17) is 11.6 Å². The van der Waals surface area contributed by atoms with Crippen LogP contribution < -0.4 is 0 Å². The molecule has 0 bridgehead atoms. The van der Waals surface area contributed by atoms with Crippen molar-refractivity contribution in [1.82, 2.24) is 9.97 Å². The molecular weight excluding hydrogens is 229 g/mol. The maximum absolute atomic E-state index is 5.81. The molecule has 5 heteroatoms. The van der Waals surface area contributed by atoms with Crippen LogP contribution in [0, 0.1) is 0 Å². The van der Waals surface area contributed by atoms with Gasteiger partial charge in [-0.3, -0.25) is 0 Å². The second kappa shape index (κ2) is 2.53. The van der Waals surface area contributed by atoms with E-state index in [9.17, 15) is 0 Å². The maximum atomic E-state index is 5.81. The lowest BCUT2D eigenvalue weighted by molar-refractivity contribution is 1.08. The Hall–Kier alpha value is -0.480. The predicted octanol–water partition coefficient (Wildman–Crippen LogP) is 2.15. The Bertz CT molecular complexity index is 337. The van der Waals surface area contributed by atoms with Crippen LogP contribution in [0.3, 0.4) is 0 Å². The Balaban J connectivity index is 2.66. The molecule has 0 fully saturated rings. The van der Waals surface area contributed by atoms with Gasteiger partial charge in [0.1, 0.15) is 5.15 Å². The molecule has 0 saturated carbocycles. The largest absolute Gasteiger partial charge is 0.241 e. The van der Waals surface area contributed by atoms with E-state index in [-0.39, 0.29) is 0 Å². The van der Waals surface area contributed by atoms with Gasteiger partial charge in [-0.2, -0.15) is 0 Å². The topological polar surface area (TPSA) is 38.1 Å². The van der Waals surface area contributed by atoms with Crippen LogP contribution in [0.2, 0.25) is 5.15 Å². The fourth-order valence-corrected chi connectivity index (χ4v) is 1.62. The molecule has 1 aromatic rings. The highest BCUT2D eigenvalue weighted by atomic mass is 79.9. The first-order chi connectivity index (χ1) is 5.27. The lowest BCUT2D eigenvalue weighted by Gasteiger charge is -1.97. The molecular formula is C6H3BrClN3. The second-order valence-corrected chi connectivity index (χ2v) is 3.17. The predicted molar refractivity (Wildman–Crippen MR) is 46.6 cm³/mol. The highest BCUT2D eigenvalue weighted by Crippen LogP contribution is 2.28. The third-order valence-corrected chi connectivity index (χ3v) is 2.08. The summed E-state index contributed by atoms with van der Waals surface area (Å²) < 4.78 is 0.486. The Morgan fingerprint density at radius 1 is 1.45 bits per heavy atom. The molecule has 2 heterocycles. The molecule has 0 aliphatic carbocycles. The van der Waals surface area contributed by atoms with Crippen LogP contribution in [0.5, 0.6) is 0 Å². The van der Waals surface area contributed by atoms with Crippen LogP contribution in [0.4, 0.5) is 5.82 Å². The summed E-state index contributed by atoms with van der Waals surface area (Å²) in [7, 11) is 0. The second-order valence-electron chi connectivity index (χ2n) is 2.10. The average molecular weight is 232 g/mol. The molecule has 1 aliphatic heterocycles. The number of nitrogens with zero attached hydrogens (tertiary/aromatic N) is 3. The first-order valence-corrected chi connectivity index (χ1v) is 4.19. The SMILES string of the molecule is Clc1nc(Br)nc2c1CC=N2. The molecule has 1 aromatic heterocycles. The molecule has 0 N–H and O–H groups in total. The summed E-state index contributed by atoms with van der Waals surface area (Å²) >= 11 is 8.95. The van der Waals surface area contributed by atoms with Crippen molar-refractivity contribution < 1.29 is 0 Å². The Labute approximate surface area is 76.7 Å². The Morgan fingerprint density at radius 3 is 3.09 bits per heavy atom. The number of aromatic nitrogens is 2. The van der Waals surface area contributed by atoms with Crippen molar-refractivity contribution in [2.24, 2.45) is 4.99 Å². The van der Waals surface area contributed by atoms with Gasteiger partial charge in [-0.05, 0) is 15.9 Å². The van der Waals surface area contributed by atoms with E-state index in [1.54, 1.807) is 6.21 Å². The minimum atomic E-state index is 0.486. The van der Waals surface area contributed by atoms with Crippen molar-refractivity contribution in [3.05, 3.63) is 15.5 Å². The van der Waals surface area contributed by atoms with Crippen LogP contribution >= 0.6 is 27.5 Å². The minimum Gasteiger partial charge on any atom is -0.241 e. The maximum Gasteiger partial charge on any atom is 0.200 e. The van der Waals surface area contributed by atoms with Crippen molar-refractivity contribution in [2.75, 3.05) is 0 Å². The summed E-state index contributed by atoms with van der Waals surface area (Å²) in [6.45, 7) is 0. The molecule has 2 rings (SSSR count). The zero-order chi connectivity index (χ0) is 7.84. The zero-order valence-corrected chi connectivity index (χ0v) is 7.72. The fourth-order valence-electron chi connectivity index (χ4n) is 0.926. The summed E-state index contributed by atoms with van der Waals surface area (Å²) in [4.78, 5) is 12.0. The zero-order valence-electron chi connectivity index (χ0n) is 5.38. The number of hydrogen-bond acceptors (Lipinski definition) is 3. The van der Waals surface area contributed by atoms with Gasteiger partial charge in [0.05, 0.1) is 0 Å². The number of halogens is 2. The van der Waals surface area contributed by atoms with Gasteiger partial charge in [-0.15, -0.1) is 0 Å². The van der Waals surface area contributed by atoms with Gasteiger partial charge >= 0.3 is 0 Å². The lowest BCUT2D eigenvalue weighted by Crippen LogP contribution is -1.89. The number of aliphatic imine (C=N–C) groups is 1. The van der Waals surface area contributed by atoms with Gasteiger partial charge in [0.25, 0.3) is 0 Å². The molecule has 3 nitrogen and oxygen atoms in total. The quantitative estimate of drug-likeness (QED) is 0.508. The molecule has 0 unspecified atom stereocenters. The molecule has 0 saturated heterocycles. The van der Waals surface area contributed by atoms with Crippen LogP contribution in [-0.2, 0) is 6.42 Å². The van der Waals surface area contributed by atoms with E-state index in [1.165, 1.54) is 0 Å². The first-order valence-electron chi connectivity index (χ1n) is 3.02. The smallest absolute Gasteiger partial charge is 0.200 e.